The Labute approximate surface area is 123 Å². The van der Waals surface area contributed by atoms with Crippen molar-refractivity contribution in [1.29, 1.82) is 0 Å². The van der Waals surface area contributed by atoms with Crippen molar-refractivity contribution in [3.63, 3.8) is 0 Å². The Kier molecular flexibility index (Phi) is 4.29. The third-order valence-corrected chi connectivity index (χ3v) is 10.9. The van der Waals surface area contributed by atoms with Crippen molar-refractivity contribution in [2.75, 3.05) is 6.61 Å². The van der Waals surface area contributed by atoms with Crippen LogP contribution in [0.1, 0.15) is 47.1 Å². The molecule has 0 atom stereocenters. The van der Waals surface area contributed by atoms with Crippen LogP contribution in [0, 0.1) is 11.5 Å². The summed E-state index contributed by atoms with van der Waals surface area (Å²) >= 11 is 0. The van der Waals surface area contributed by atoms with E-state index < -0.39 is 8.07 Å². The molecule has 0 N–H and O–H groups in total. The van der Waals surface area contributed by atoms with Crippen molar-refractivity contribution >= 4 is 8.07 Å². The van der Waals surface area contributed by atoms with Gasteiger partial charge in [0.15, 0.2) is 0 Å². The predicted molar refractivity (Wildman–Crippen MR) is 85.6 cm³/mol. The van der Waals surface area contributed by atoms with Gasteiger partial charge in [0.25, 0.3) is 0 Å². The van der Waals surface area contributed by atoms with Crippen LogP contribution in [-0.4, -0.2) is 24.5 Å². The highest BCUT2D eigenvalue weighted by atomic mass is 28.3. The molecule has 0 spiro atoms. The van der Waals surface area contributed by atoms with Gasteiger partial charge in [-0.3, -0.25) is 0 Å². The summed E-state index contributed by atoms with van der Waals surface area (Å²) < 4.78 is 7.54. The van der Waals surface area contributed by atoms with E-state index in [1.165, 1.54) is 0 Å². The normalized spacial score (nSPS) is 14.4. The molecule has 20 heavy (non-hydrogen) atoms. The summed E-state index contributed by atoms with van der Waals surface area (Å²) in [5.41, 5.74) is 6.64. The standard InChI is InChI=1S/C16H26N2OSi/c1-12(2)20(13(3)4,14(5)6)10-7-15-11-17-18-8-9-19-16(15)18/h11-14H,8-9H2,1-6H3. The van der Waals surface area contributed by atoms with Crippen molar-refractivity contribution in [2.45, 2.75) is 64.7 Å². The van der Waals surface area contributed by atoms with Gasteiger partial charge >= 0.3 is 0 Å². The number of hydrogen-bond donors (Lipinski definition) is 0. The number of rotatable bonds is 3. The summed E-state index contributed by atoms with van der Waals surface area (Å²) in [7, 11) is -1.67. The minimum atomic E-state index is -1.67. The molecule has 0 unspecified atom stereocenters. The maximum Gasteiger partial charge on any atom is 0.228 e. The molecule has 3 nitrogen and oxygen atoms in total. The lowest BCUT2D eigenvalue weighted by atomic mass is 10.4. The highest BCUT2D eigenvalue weighted by molar-refractivity contribution is 6.90. The quantitative estimate of drug-likeness (QED) is 0.624. The molecule has 1 aliphatic heterocycles. The van der Waals surface area contributed by atoms with Gasteiger partial charge in [-0.25, -0.2) is 4.68 Å². The second-order valence-corrected chi connectivity index (χ2v) is 12.2. The zero-order chi connectivity index (χ0) is 14.9. The van der Waals surface area contributed by atoms with Gasteiger partial charge in [0.1, 0.15) is 20.2 Å². The number of ether oxygens (including phenoxy) is 1. The Balaban J connectivity index is 2.40. The van der Waals surface area contributed by atoms with Crippen LogP contribution < -0.4 is 4.74 Å². The lowest BCUT2D eigenvalue weighted by Crippen LogP contribution is -2.43. The first-order chi connectivity index (χ1) is 9.39. The number of aromatic nitrogens is 2. The Hall–Kier alpha value is -1.21. The van der Waals surface area contributed by atoms with Crippen LogP contribution in [0.25, 0.3) is 0 Å². The van der Waals surface area contributed by atoms with Crippen LogP contribution in [0.3, 0.4) is 0 Å². The first kappa shape index (κ1) is 15.2. The molecule has 0 radical (unpaired) electrons. The van der Waals surface area contributed by atoms with Crippen LogP contribution >= 0.6 is 0 Å². The van der Waals surface area contributed by atoms with Crippen LogP contribution in [-0.2, 0) is 6.54 Å². The number of nitrogens with zero attached hydrogens (tertiary/aromatic N) is 2. The third kappa shape index (κ3) is 2.40. The Morgan fingerprint density at radius 2 is 1.75 bits per heavy atom. The fourth-order valence-electron chi connectivity index (χ4n) is 3.61. The van der Waals surface area contributed by atoms with Gasteiger partial charge in [0.05, 0.1) is 12.7 Å². The van der Waals surface area contributed by atoms with E-state index in [9.17, 15) is 0 Å². The van der Waals surface area contributed by atoms with Crippen LogP contribution in [0.2, 0.25) is 16.6 Å². The van der Waals surface area contributed by atoms with E-state index in [0.717, 1.165) is 24.6 Å². The summed E-state index contributed by atoms with van der Waals surface area (Å²) in [5, 5.41) is 4.34. The van der Waals surface area contributed by atoms with Crippen molar-refractivity contribution in [3.8, 4) is 17.3 Å². The van der Waals surface area contributed by atoms with Gasteiger partial charge < -0.3 is 4.74 Å². The van der Waals surface area contributed by atoms with E-state index in [-0.39, 0.29) is 0 Å². The molecule has 0 fully saturated rings. The van der Waals surface area contributed by atoms with E-state index in [1.807, 2.05) is 10.9 Å². The summed E-state index contributed by atoms with van der Waals surface area (Å²) in [6, 6.07) is 0. The summed E-state index contributed by atoms with van der Waals surface area (Å²) in [4.78, 5) is 0. The van der Waals surface area contributed by atoms with E-state index in [4.69, 9.17) is 4.74 Å². The molecule has 2 heterocycles. The topological polar surface area (TPSA) is 27.1 Å². The number of hydrogen-bond acceptors (Lipinski definition) is 2. The average molecular weight is 290 g/mol. The molecule has 0 saturated carbocycles. The predicted octanol–water partition coefficient (Wildman–Crippen LogP) is 3.85. The largest absolute Gasteiger partial charge is 0.475 e. The minimum Gasteiger partial charge on any atom is -0.475 e. The van der Waals surface area contributed by atoms with Crippen molar-refractivity contribution in [3.05, 3.63) is 11.8 Å². The molecular formula is C16H26N2OSi. The summed E-state index contributed by atoms with van der Waals surface area (Å²) in [6.07, 6.45) is 1.85. The molecule has 0 aromatic carbocycles. The third-order valence-electron chi connectivity index (χ3n) is 4.61. The molecule has 0 saturated heterocycles. The Morgan fingerprint density at radius 3 is 2.30 bits per heavy atom. The van der Waals surface area contributed by atoms with Gasteiger partial charge in [-0.1, -0.05) is 47.5 Å². The molecule has 2 rings (SSSR count). The fourth-order valence-corrected chi connectivity index (χ4v) is 8.83. The number of fused-ring (bicyclic) bond motifs is 1. The maximum atomic E-state index is 5.63. The zero-order valence-corrected chi connectivity index (χ0v) is 14.5. The molecular weight excluding hydrogens is 264 g/mol. The lowest BCUT2D eigenvalue weighted by molar-refractivity contribution is 0.356. The van der Waals surface area contributed by atoms with Gasteiger partial charge in [-0.05, 0) is 16.6 Å². The minimum absolute atomic E-state index is 0.652. The van der Waals surface area contributed by atoms with Gasteiger partial charge in [-0.2, -0.15) is 5.10 Å². The highest BCUT2D eigenvalue weighted by Crippen LogP contribution is 2.40. The fraction of sp³-hybridized carbons (Fsp3) is 0.688. The first-order valence-electron chi connectivity index (χ1n) is 7.61. The second-order valence-electron chi connectivity index (χ2n) is 6.58. The van der Waals surface area contributed by atoms with E-state index in [0.29, 0.717) is 16.6 Å². The maximum absolute atomic E-state index is 5.63. The molecule has 4 heteroatoms. The first-order valence-corrected chi connectivity index (χ1v) is 9.84. The summed E-state index contributed by atoms with van der Waals surface area (Å²) in [5.74, 6) is 4.27. The van der Waals surface area contributed by atoms with Gasteiger partial charge in [0, 0.05) is 0 Å². The lowest BCUT2D eigenvalue weighted by Gasteiger charge is -2.38. The average Bonchev–Trinajstić information content (AvgIpc) is 2.92. The van der Waals surface area contributed by atoms with E-state index in [2.05, 4.69) is 58.1 Å². The van der Waals surface area contributed by atoms with Gasteiger partial charge in [-0.15, -0.1) is 5.54 Å². The van der Waals surface area contributed by atoms with Crippen LogP contribution in [0.5, 0.6) is 5.88 Å². The summed E-state index contributed by atoms with van der Waals surface area (Å²) in [6.45, 7) is 15.6. The molecule has 110 valence electrons. The molecule has 1 aromatic heterocycles. The van der Waals surface area contributed by atoms with Crippen LogP contribution in [0.4, 0.5) is 0 Å². The van der Waals surface area contributed by atoms with Crippen molar-refractivity contribution in [1.82, 2.24) is 9.78 Å². The van der Waals surface area contributed by atoms with Gasteiger partial charge in [0.2, 0.25) is 5.88 Å². The zero-order valence-electron chi connectivity index (χ0n) is 13.5. The highest BCUT2D eigenvalue weighted by Gasteiger charge is 2.41. The molecule has 1 aliphatic rings. The second kappa shape index (κ2) is 5.65. The van der Waals surface area contributed by atoms with Crippen molar-refractivity contribution in [2.24, 2.45) is 0 Å². The van der Waals surface area contributed by atoms with E-state index in [1.54, 1.807) is 0 Å². The molecule has 0 bridgehead atoms. The smallest absolute Gasteiger partial charge is 0.228 e. The SMILES string of the molecule is CC(C)[Si](C#Cc1cnn2c1OCC2)(C(C)C)C(C)C. The Bertz CT molecular complexity index is 513. The van der Waals surface area contributed by atoms with E-state index >= 15 is 0 Å². The molecule has 0 amide bonds. The Morgan fingerprint density at radius 1 is 1.15 bits per heavy atom. The molecule has 0 aliphatic carbocycles. The van der Waals surface area contributed by atoms with Crippen LogP contribution in [0.15, 0.2) is 6.20 Å². The van der Waals surface area contributed by atoms with Crippen molar-refractivity contribution < 1.29 is 4.74 Å². The monoisotopic (exact) mass is 290 g/mol. The molecule has 1 aromatic rings.